The van der Waals surface area contributed by atoms with Gasteiger partial charge in [0, 0.05) is 12.8 Å². The van der Waals surface area contributed by atoms with Gasteiger partial charge in [0.15, 0.2) is 10.9 Å². The maximum atomic E-state index is 8.97. The standard InChI is InChI=1S/C11H18N4OS/c16-11(17)8-4-7-10-12-13-14-15(10)9-5-2-1-3-6-9/h9H,1-8H2,(H,16,17). The number of nitrogens with zero attached hydrogens (tertiary/aromatic N) is 4. The molecule has 2 rings (SSSR count). The molecule has 0 aromatic carbocycles. The molecule has 0 unspecified atom stereocenters. The molecule has 94 valence electrons. The number of aliphatic hydroxyl groups is 1. The number of rotatable bonds is 5. The van der Waals surface area contributed by atoms with Gasteiger partial charge in [-0.3, -0.25) is 0 Å². The summed E-state index contributed by atoms with van der Waals surface area (Å²) in [6.07, 6.45) is 8.36. The van der Waals surface area contributed by atoms with E-state index in [1.165, 1.54) is 32.1 Å². The maximum absolute atomic E-state index is 8.97. The Hall–Kier alpha value is -1.04. The molecule has 1 fully saturated rings. The zero-order valence-electron chi connectivity index (χ0n) is 9.88. The molecule has 0 aliphatic heterocycles. The van der Waals surface area contributed by atoms with Crippen molar-refractivity contribution >= 4 is 17.3 Å². The van der Waals surface area contributed by atoms with Crippen LogP contribution in [-0.2, 0) is 6.42 Å². The molecule has 0 amide bonds. The summed E-state index contributed by atoms with van der Waals surface area (Å²) in [5.74, 6) is 0.924. The number of aliphatic hydroxyl groups excluding tert-OH is 1. The lowest BCUT2D eigenvalue weighted by Gasteiger charge is -2.22. The molecule has 17 heavy (non-hydrogen) atoms. The fourth-order valence-corrected chi connectivity index (χ4v) is 2.53. The van der Waals surface area contributed by atoms with Crippen molar-refractivity contribution in [2.75, 3.05) is 0 Å². The summed E-state index contributed by atoms with van der Waals surface area (Å²) in [5.41, 5.74) is 0. The summed E-state index contributed by atoms with van der Waals surface area (Å²) < 4.78 is 1.97. The number of hydrogen-bond donors (Lipinski definition) is 1. The Morgan fingerprint density at radius 2 is 2.12 bits per heavy atom. The summed E-state index contributed by atoms with van der Waals surface area (Å²) in [4.78, 5) is 0. The van der Waals surface area contributed by atoms with Crippen LogP contribution in [0.5, 0.6) is 0 Å². The second-order valence-electron chi connectivity index (χ2n) is 4.58. The molecule has 6 heteroatoms. The molecule has 1 aromatic rings. The van der Waals surface area contributed by atoms with Gasteiger partial charge in [0.2, 0.25) is 0 Å². The fraction of sp³-hybridized carbons (Fsp3) is 0.818. The third-order valence-corrected chi connectivity index (χ3v) is 3.48. The summed E-state index contributed by atoms with van der Waals surface area (Å²) >= 11 is 4.65. The van der Waals surface area contributed by atoms with E-state index in [0.717, 1.165) is 18.7 Å². The highest BCUT2D eigenvalue weighted by Gasteiger charge is 2.19. The molecule has 1 aromatic heterocycles. The molecule has 1 heterocycles. The normalized spacial score (nSPS) is 17.2. The van der Waals surface area contributed by atoms with Crippen LogP contribution in [0.15, 0.2) is 0 Å². The first-order valence-electron chi connectivity index (χ1n) is 6.26. The minimum atomic E-state index is 0.0710. The summed E-state index contributed by atoms with van der Waals surface area (Å²) in [7, 11) is 0. The summed E-state index contributed by atoms with van der Waals surface area (Å²) in [6, 6.07) is 0.467. The van der Waals surface area contributed by atoms with Crippen LogP contribution in [-0.4, -0.2) is 30.4 Å². The number of hydrogen-bond acceptors (Lipinski definition) is 4. The molecule has 1 N–H and O–H groups in total. The Morgan fingerprint density at radius 3 is 2.82 bits per heavy atom. The topological polar surface area (TPSA) is 63.8 Å². The third kappa shape index (κ3) is 3.46. The van der Waals surface area contributed by atoms with E-state index in [-0.39, 0.29) is 5.05 Å². The van der Waals surface area contributed by atoms with Crippen LogP contribution in [0.25, 0.3) is 0 Å². The van der Waals surface area contributed by atoms with Gasteiger partial charge in [-0.2, -0.15) is 0 Å². The van der Waals surface area contributed by atoms with Crippen molar-refractivity contribution in [3.8, 4) is 0 Å². The SMILES string of the molecule is OC(=S)CCCc1nnnn1C1CCCCC1. The van der Waals surface area contributed by atoms with Gasteiger partial charge in [-0.1, -0.05) is 19.3 Å². The van der Waals surface area contributed by atoms with E-state index in [1.54, 1.807) is 0 Å². The molecule has 0 spiro atoms. The molecule has 1 aliphatic rings. The largest absolute Gasteiger partial charge is 0.502 e. The van der Waals surface area contributed by atoms with Crippen LogP contribution in [0.3, 0.4) is 0 Å². The van der Waals surface area contributed by atoms with Crippen LogP contribution in [0.2, 0.25) is 0 Å². The molecule has 5 nitrogen and oxygen atoms in total. The number of aryl methyl sites for hydroxylation is 1. The van der Waals surface area contributed by atoms with Crippen LogP contribution >= 0.6 is 12.2 Å². The van der Waals surface area contributed by atoms with Gasteiger partial charge in [-0.15, -0.1) is 5.10 Å². The van der Waals surface area contributed by atoms with Crippen LogP contribution in [0, 0.1) is 0 Å². The van der Waals surface area contributed by atoms with Crippen LogP contribution < -0.4 is 0 Å². The Balaban J connectivity index is 1.93. The highest BCUT2D eigenvalue weighted by atomic mass is 32.1. The minimum Gasteiger partial charge on any atom is -0.502 e. The first-order chi connectivity index (χ1) is 8.27. The first-order valence-corrected chi connectivity index (χ1v) is 6.66. The van der Waals surface area contributed by atoms with E-state index in [0.29, 0.717) is 12.5 Å². The minimum absolute atomic E-state index is 0.0710. The second kappa shape index (κ2) is 6.05. The molecule has 0 saturated heterocycles. The number of thiocarbonyl (C=S) groups is 1. The summed E-state index contributed by atoms with van der Waals surface area (Å²) in [5, 5.41) is 21.0. The highest BCUT2D eigenvalue weighted by molar-refractivity contribution is 7.80. The molecule has 0 atom stereocenters. The Labute approximate surface area is 106 Å². The van der Waals surface area contributed by atoms with Crippen LogP contribution in [0.1, 0.15) is 56.8 Å². The molecule has 1 saturated carbocycles. The predicted octanol–water partition coefficient (Wildman–Crippen LogP) is 2.39. The lowest BCUT2D eigenvalue weighted by atomic mass is 9.95. The van der Waals surface area contributed by atoms with Crippen molar-refractivity contribution in [3.63, 3.8) is 0 Å². The van der Waals surface area contributed by atoms with Gasteiger partial charge in [-0.05, 0) is 41.9 Å². The van der Waals surface area contributed by atoms with Crippen molar-refractivity contribution in [1.29, 1.82) is 0 Å². The van der Waals surface area contributed by atoms with Crippen molar-refractivity contribution < 1.29 is 5.11 Å². The van der Waals surface area contributed by atoms with Crippen molar-refractivity contribution in [2.24, 2.45) is 0 Å². The number of aromatic nitrogens is 4. The van der Waals surface area contributed by atoms with Gasteiger partial charge in [-0.25, -0.2) is 4.68 Å². The van der Waals surface area contributed by atoms with E-state index in [2.05, 4.69) is 27.7 Å². The van der Waals surface area contributed by atoms with Gasteiger partial charge in [0.05, 0.1) is 6.04 Å². The third-order valence-electron chi connectivity index (χ3n) is 3.27. The van der Waals surface area contributed by atoms with E-state index in [1.807, 2.05) is 4.68 Å². The van der Waals surface area contributed by atoms with Gasteiger partial charge in [0.25, 0.3) is 0 Å². The molecule has 0 bridgehead atoms. The number of tetrazole rings is 1. The lowest BCUT2D eigenvalue weighted by Crippen LogP contribution is -2.17. The quantitative estimate of drug-likeness (QED) is 0.817. The Morgan fingerprint density at radius 1 is 1.35 bits per heavy atom. The van der Waals surface area contributed by atoms with E-state index in [4.69, 9.17) is 5.11 Å². The van der Waals surface area contributed by atoms with E-state index < -0.39 is 0 Å². The molecular weight excluding hydrogens is 236 g/mol. The molecule has 1 aliphatic carbocycles. The van der Waals surface area contributed by atoms with Gasteiger partial charge < -0.3 is 5.11 Å². The average Bonchev–Trinajstić information content (AvgIpc) is 2.78. The van der Waals surface area contributed by atoms with Crippen molar-refractivity contribution in [2.45, 2.75) is 57.4 Å². The highest BCUT2D eigenvalue weighted by Crippen LogP contribution is 2.27. The van der Waals surface area contributed by atoms with Gasteiger partial charge in [0.1, 0.15) is 0 Å². The smallest absolute Gasteiger partial charge is 0.156 e. The molecular formula is C11H18N4OS. The Kier molecular flexibility index (Phi) is 4.42. The average molecular weight is 254 g/mol. The predicted molar refractivity (Wildman–Crippen MR) is 68.1 cm³/mol. The van der Waals surface area contributed by atoms with Crippen molar-refractivity contribution in [3.05, 3.63) is 5.82 Å². The lowest BCUT2D eigenvalue weighted by molar-refractivity contribution is 0.316. The second-order valence-corrected chi connectivity index (χ2v) is 5.05. The monoisotopic (exact) mass is 254 g/mol. The van der Waals surface area contributed by atoms with Crippen molar-refractivity contribution in [1.82, 2.24) is 20.2 Å². The van der Waals surface area contributed by atoms with E-state index >= 15 is 0 Å². The molecule has 0 radical (unpaired) electrons. The van der Waals surface area contributed by atoms with Gasteiger partial charge >= 0.3 is 0 Å². The summed E-state index contributed by atoms with van der Waals surface area (Å²) in [6.45, 7) is 0. The Bertz CT molecular complexity index is 373. The first kappa shape index (κ1) is 12.4. The zero-order valence-corrected chi connectivity index (χ0v) is 10.7. The maximum Gasteiger partial charge on any atom is 0.156 e. The van der Waals surface area contributed by atoms with E-state index in [9.17, 15) is 0 Å². The fourth-order valence-electron chi connectivity index (χ4n) is 2.38. The van der Waals surface area contributed by atoms with Crippen LogP contribution in [0.4, 0.5) is 0 Å². The zero-order chi connectivity index (χ0) is 12.1.